The van der Waals surface area contributed by atoms with Crippen molar-refractivity contribution in [1.29, 1.82) is 0 Å². The van der Waals surface area contributed by atoms with E-state index in [1.54, 1.807) is 6.26 Å². The van der Waals surface area contributed by atoms with Crippen LogP contribution in [0.25, 0.3) is 0 Å². The summed E-state index contributed by atoms with van der Waals surface area (Å²) in [7, 11) is 0. The average Bonchev–Trinajstić information content (AvgIpc) is 3.24. The molecule has 5 heteroatoms. The average molecular weight is 322 g/mol. The van der Waals surface area contributed by atoms with E-state index in [9.17, 15) is 0 Å². The third-order valence-electron chi connectivity index (χ3n) is 4.48. The van der Waals surface area contributed by atoms with E-state index in [-0.39, 0.29) is 6.04 Å². The summed E-state index contributed by atoms with van der Waals surface area (Å²) in [6.45, 7) is 4.81. The highest BCUT2D eigenvalue weighted by Gasteiger charge is 2.22. The molecule has 1 aliphatic rings. The largest absolute Gasteiger partial charge is 0.467 e. The lowest BCUT2D eigenvalue weighted by atomic mass is 10.0. The monoisotopic (exact) mass is 322 g/mol. The van der Waals surface area contributed by atoms with Crippen molar-refractivity contribution in [2.45, 2.75) is 19.5 Å². The Balaban J connectivity index is 1.46. The van der Waals surface area contributed by atoms with Crippen molar-refractivity contribution in [3.05, 3.63) is 71.8 Å². The van der Waals surface area contributed by atoms with Gasteiger partial charge in [0.1, 0.15) is 11.6 Å². The molecule has 0 spiro atoms. The first-order chi connectivity index (χ1) is 11.8. The van der Waals surface area contributed by atoms with Crippen LogP contribution in [-0.4, -0.2) is 22.9 Å². The van der Waals surface area contributed by atoms with Crippen molar-refractivity contribution in [2.24, 2.45) is 5.92 Å². The summed E-state index contributed by atoms with van der Waals surface area (Å²) in [5.41, 5.74) is 2.27. The van der Waals surface area contributed by atoms with E-state index in [0.29, 0.717) is 5.92 Å². The number of nitrogens with one attached hydrogen (secondary N) is 2. The molecule has 0 unspecified atom stereocenters. The van der Waals surface area contributed by atoms with Crippen LogP contribution in [0.2, 0.25) is 0 Å². The van der Waals surface area contributed by atoms with E-state index < -0.39 is 0 Å². The smallest absolute Gasteiger partial charge is 0.125 e. The van der Waals surface area contributed by atoms with E-state index in [1.165, 1.54) is 5.56 Å². The molecule has 2 atom stereocenters. The first-order valence-corrected chi connectivity index (χ1v) is 8.39. The van der Waals surface area contributed by atoms with Crippen LogP contribution < -0.4 is 10.6 Å². The topological polar surface area (TPSA) is 55.0 Å². The highest BCUT2D eigenvalue weighted by Crippen LogP contribution is 2.24. The van der Waals surface area contributed by atoms with Gasteiger partial charge in [-0.3, -0.25) is 0 Å². The fraction of sp³-hybridized carbons (Fsp3) is 0.316. The van der Waals surface area contributed by atoms with Gasteiger partial charge in [-0.15, -0.1) is 0 Å². The maximum Gasteiger partial charge on any atom is 0.125 e. The minimum atomic E-state index is 0.0713. The lowest BCUT2D eigenvalue weighted by Crippen LogP contribution is -2.37. The number of hydrogen-bond donors (Lipinski definition) is 2. The highest BCUT2D eigenvalue weighted by molar-refractivity contribution is 5.38. The van der Waals surface area contributed by atoms with Gasteiger partial charge in [0.2, 0.25) is 0 Å². The molecule has 0 aliphatic carbocycles. The van der Waals surface area contributed by atoms with Crippen molar-refractivity contribution in [3.63, 3.8) is 0 Å². The Hall–Kier alpha value is -2.53. The lowest BCUT2D eigenvalue weighted by molar-refractivity contribution is 0.363. The van der Waals surface area contributed by atoms with Crippen LogP contribution in [0.5, 0.6) is 0 Å². The van der Waals surface area contributed by atoms with Crippen LogP contribution in [0, 0.1) is 12.8 Å². The zero-order valence-electron chi connectivity index (χ0n) is 13.8. The van der Waals surface area contributed by atoms with E-state index in [4.69, 9.17) is 4.42 Å². The second-order valence-corrected chi connectivity index (χ2v) is 6.37. The van der Waals surface area contributed by atoms with Gasteiger partial charge in [0.15, 0.2) is 0 Å². The second-order valence-electron chi connectivity index (χ2n) is 6.37. The Morgan fingerprint density at radius 2 is 2.17 bits per heavy atom. The van der Waals surface area contributed by atoms with Gasteiger partial charge in [0.05, 0.1) is 18.0 Å². The molecule has 1 aliphatic heterocycles. The Kier molecular flexibility index (Phi) is 4.09. The van der Waals surface area contributed by atoms with E-state index in [2.05, 4.69) is 50.7 Å². The summed E-state index contributed by atoms with van der Waals surface area (Å²) < 4.78 is 7.72. The van der Waals surface area contributed by atoms with Crippen molar-refractivity contribution >= 4 is 5.82 Å². The molecule has 124 valence electrons. The third kappa shape index (κ3) is 3.08. The molecule has 5 nitrogen and oxygen atoms in total. The highest BCUT2D eigenvalue weighted by atomic mass is 16.3. The van der Waals surface area contributed by atoms with Gasteiger partial charge in [-0.05, 0) is 24.6 Å². The minimum absolute atomic E-state index is 0.0713. The first kappa shape index (κ1) is 15.0. The summed E-state index contributed by atoms with van der Waals surface area (Å²) in [4.78, 5) is 0. The van der Waals surface area contributed by atoms with Crippen molar-refractivity contribution in [2.75, 3.05) is 18.4 Å². The summed E-state index contributed by atoms with van der Waals surface area (Å²) >= 11 is 0. The molecule has 4 rings (SSSR count). The fourth-order valence-electron chi connectivity index (χ4n) is 3.29. The molecule has 2 aromatic heterocycles. The molecule has 0 saturated heterocycles. The number of hydrogen-bond acceptors (Lipinski definition) is 4. The number of nitrogens with zero attached hydrogens (tertiary/aromatic N) is 2. The Bertz CT molecular complexity index is 779. The summed E-state index contributed by atoms with van der Waals surface area (Å²) in [6, 6.07) is 16.6. The lowest BCUT2D eigenvalue weighted by Gasteiger charge is -2.27. The standard InChI is InChI=1S/C19H22N4O/c1-14-10-18-20-11-15(13-23(18)22-14)12-21-19(17-8-5-9-24-17)16-6-3-2-4-7-16/h2-10,15,19-21H,11-13H2,1H3/t15-,19+/m1/s1. The number of fused-ring (bicyclic) bond motifs is 1. The number of rotatable bonds is 5. The normalized spacial score (nSPS) is 18.0. The minimum Gasteiger partial charge on any atom is -0.467 e. The van der Waals surface area contributed by atoms with Crippen LogP contribution >= 0.6 is 0 Å². The quantitative estimate of drug-likeness (QED) is 0.757. The maximum atomic E-state index is 5.65. The van der Waals surface area contributed by atoms with Gasteiger partial charge < -0.3 is 15.1 Å². The van der Waals surface area contributed by atoms with Gasteiger partial charge in [0.25, 0.3) is 0 Å². The van der Waals surface area contributed by atoms with Crippen molar-refractivity contribution in [3.8, 4) is 0 Å². The molecular formula is C19H22N4O. The number of aromatic nitrogens is 2. The molecule has 3 aromatic rings. The van der Waals surface area contributed by atoms with E-state index in [0.717, 1.165) is 36.9 Å². The van der Waals surface area contributed by atoms with Gasteiger partial charge in [0, 0.05) is 31.6 Å². The third-order valence-corrected chi connectivity index (χ3v) is 4.48. The van der Waals surface area contributed by atoms with Gasteiger partial charge in [-0.2, -0.15) is 5.10 Å². The van der Waals surface area contributed by atoms with Gasteiger partial charge in [-0.1, -0.05) is 30.3 Å². The number of furan rings is 1. The molecule has 0 fully saturated rings. The second kappa shape index (κ2) is 6.53. The van der Waals surface area contributed by atoms with Crippen molar-refractivity contribution < 1.29 is 4.42 Å². The van der Waals surface area contributed by atoms with Gasteiger partial charge >= 0.3 is 0 Å². The number of anilines is 1. The molecule has 0 bridgehead atoms. The molecule has 0 radical (unpaired) electrons. The Morgan fingerprint density at radius 3 is 2.96 bits per heavy atom. The fourth-order valence-corrected chi connectivity index (χ4v) is 3.29. The van der Waals surface area contributed by atoms with Crippen LogP contribution in [0.4, 0.5) is 5.82 Å². The van der Waals surface area contributed by atoms with Crippen LogP contribution in [0.15, 0.2) is 59.2 Å². The molecule has 2 N–H and O–H groups in total. The SMILES string of the molecule is Cc1cc2n(n1)C[C@@H](CN[C@@H](c1ccccc1)c1ccco1)CN2. The predicted octanol–water partition coefficient (Wildman–Crippen LogP) is 3.21. The predicted molar refractivity (Wildman–Crippen MR) is 93.9 cm³/mol. The van der Waals surface area contributed by atoms with Crippen LogP contribution in [0.1, 0.15) is 23.1 Å². The summed E-state index contributed by atoms with van der Waals surface area (Å²) in [6.07, 6.45) is 1.73. The molecule has 0 saturated carbocycles. The maximum absolute atomic E-state index is 5.65. The summed E-state index contributed by atoms with van der Waals surface area (Å²) in [5, 5.41) is 11.7. The molecule has 0 amide bonds. The van der Waals surface area contributed by atoms with Crippen LogP contribution in [0.3, 0.4) is 0 Å². The Morgan fingerprint density at radius 1 is 1.29 bits per heavy atom. The zero-order valence-corrected chi connectivity index (χ0v) is 13.8. The number of aryl methyl sites for hydroxylation is 1. The van der Waals surface area contributed by atoms with E-state index >= 15 is 0 Å². The zero-order chi connectivity index (χ0) is 16.4. The van der Waals surface area contributed by atoms with Crippen molar-refractivity contribution in [1.82, 2.24) is 15.1 Å². The Labute approximate surface area is 141 Å². The van der Waals surface area contributed by atoms with Gasteiger partial charge in [-0.25, -0.2) is 4.68 Å². The number of benzene rings is 1. The molecule has 1 aromatic carbocycles. The molecular weight excluding hydrogens is 300 g/mol. The summed E-state index contributed by atoms with van der Waals surface area (Å²) in [5.74, 6) is 2.55. The molecule has 3 heterocycles. The van der Waals surface area contributed by atoms with E-state index in [1.807, 2.05) is 25.1 Å². The van der Waals surface area contributed by atoms with Crippen LogP contribution in [-0.2, 0) is 6.54 Å². The first-order valence-electron chi connectivity index (χ1n) is 8.39. The molecule has 24 heavy (non-hydrogen) atoms.